The van der Waals surface area contributed by atoms with Gasteiger partial charge in [0, 0.05) is 14.2 Å². The lowest BCUT2D eigenvalue weighted by Gasteiger charge is -2.50. The van der Waals surface area contributed by atoms with Crippen molar-refractivity contribution in [1.82, 2.24) is 0 Å². The zero-order valence-electron chi connectivity index (χ0n) is 16.6. The third-order valence-corrected chi connectivity index (χ3v) is 7.30. The van der Waals surface area contributed by atoms with Crippen molar-refractivity contribution in [2.75, 3.05) is 27.8 Å². The fraction of sp³-hybridized carbons (Fsp3) is 0.727. The molecule has 150 valence electrons. The topological polar surface area (TPSA) is 36.9 Å². The van der Waals surface area contributed by atoms with Crippen molar-refractivity contribution in [3.8, 4) is 5.75 Å². The van der Waals surface area contributed by atoms with Gasteiger partial charge in [0.05, 0.1) is 6.10 Å². The van der Waals surface area contributed by atoms with Gasteiger partial charge in [0.1, 0.15) is 18.7 Å². The summed E-state index contributed by atoms with van der Waals surface area (Å²) in [7, 11) is 3.23. The SMILES string of the molecule is COCOc1ccc2c(c1)CC[C@@H]1[C@@H]2CC[C@@]2(C)[C@H]1C[C@@H]([18F])[C@@H]2OCOC. The second-order valence-electron chi connectivity index (χ2n) is 8.62. The lowest BCUT2D eigenvalue weighted by Crippen LogP contribution is -2.45. The van der Waals surface area contributed by atoms with Crippen LogP contribution in [0, 0.1) is 17.3 Å². The van der Waals surface area contributed by atoms with Crippen LogP contribution < -0.4 is 4.74 Å². The van der Waals surface area contributed by atoms with Crippen molar-refractivity contribution >= 4 is 0 Å². The first-order chi connectivity index (χ1) is 13.1. The Labute approximate surface area is 161 Å². The van der Waals surface area contributed by atoms with E-state index in [-0.39, 0.29) is 25.1 Å². The van der Waals surface area contributed by atoms with Gasteiger partial charge < -0.3 is 18.9 Å². The van der Waals surface area contributed by atoms with E-state index in [1.165, 1.54) is 11.1 Å². The molecule has 0 N–H and O–H groups in total. The average molecular weight is 377 g/mol. The van der Waals surface area contributed by atoms with Crippen LogP contribution in [0.5, 0.6) is 5.75 Å². The van der Waals surface area contributed by atoms with Crippen LogP contribution >= 0.6 is 0 Å². The number of alkyl halides is 1. The van der Waals surface area contributed by atoms with Crippen LogP contribution in [0.3, 0.4) is 0 Å². The van der Waals surface area contributed by atoms with E-state index in [1.54, 1.807) is 14.2 Å². The highest BCUT2D eigenvalue weighted by molar-refractivity contribution is 5.40. The molecule has 0 unspecified atom stereocenters. The molecule has 4 rings (SSSR count). The second-order valence-corrected chi connectivity index (χ2v) is 8.62. The van der Waals surface area contributed by atoms with E-state index < -0.39 is 6.17 Å². The molecular formula is C22H31FO4. The van der Waals surface area contributed by atoms with Crippen molar-refractivity contribution < 1.29 is 23.3 Å². The molecular weight excluding hydrogens is 346 g/mol. The Morgan fingerprint density at radius 3 is 2.74 bits per heavy atom. The van der Waals surface area contributed by atoms with Crippen LogP contribution in [0.25, 0.3) is 0 Å². The van der Waals surface area contributed by atoms with Crippen molar-refractivity contribution in [2.45, 2.75) is 57.2 Å². The molecule has 0 bridgehead atoms. The highest BCUT2D eigenvalue weighted by atomic mass is 18.2. The molecule has 4 nitrogen and oxygen atoms in total. The first kappa shape index (κ1) is 19.2. The Kier molecular flexibility index (Phi) is 5.45. The highest BCUT2D eigenvalue weighted by Gasteiger charge is 2.59. The predicted molar refractivity (Wildman–Crippen MR) is 101 cm³/mol. The Hall–Kier alpha value is -1.17. The van der Waals surface area contributed by atoms with E-state index in [4.69, 9.17) is 18.9 Å². The molecule has 0 saturated heterocycles. The zero-order chi connectivity index (χ0) is 19.0. The Bertz CT molecular complexity index is 666. The van der Waals surface area contributed by atoms with Crippen LogP contribution in [0.1, 0.15) is 49.7 Å². The van der Waals surface area contributed by atoms with Crippen LogP contribution in [0.4, 0.5) is 4.39 Å². The standard InChI is InChI=1S/C22H31FO4/c1-22-9-8-17-16-7-5-15(26-12-24-2)10-14(16)4-6-18(17)19(22)11-20(23)21(22)27-13-25-3/h5,7,10,17-21H,4,6,8-9,11-13H2,1-3H3/t17-,18-,19+,20-,21+,22+/m1/s1/i23-1. The van der Waals surface area contributed by atoms with Crippen LogP contribution in [0.15, 0.2) is 18.2 Å². The fourth-order valence-corrected chi connectivity index (χ4v) is 6.14. The van der Waals surface area contributed by atoms with E-state index >= 15 is 0 Å². The molecule has 0 aromatic heterocycles. The van der Waals surface area contributed by atoms with E-state index in [0.717, 1.165) is 31.4 Å². The predicted octanol–water partition coefficient (Wildman–Crippen LogP) is 4.46. The van der Waals surface area contributed by atoms with Gasteiger partial charge in [0.2, 0.25) is 0 Å². The number of fused-ring (bicyclic) bond motifs is 5. The quantitative estimate of drug-likeness (QED) is 0.686. The first-order valence-corrected chi connectivity index (χ1v) is 10.1. The molecule has 5 heteroatoms. The summed E-state index contributed by atoms with van der Waals surface area (Å²) in [5.74, 6) is 2.31. The summed E-state index contributed by atoms with van der Waals surface area (Å²) in [4.78, 5) is 0. The molecule has 3 aliphatic carbocycles. The normalized spacial score (nSPS) is 37.4. The molecule has 0 radical (unpaired) electrons. The summed E-state index contributed by atoms with van der Waals surface area (Å²) < 4.78 is 36.4. The number of aryl methyl sites for hydroxylation is 1. The van der Waals surface area contributed by atoms with Gasteiger partial charge >= 0.3 is 0 Å². The van der Waals surface area contributed by atoms with Crippen molar-refractivity contribution in [3.63, 3.8) is 0 Å². The number of rotatable bonds is 6. The molecule has 1 aromatic carbocycles. The molecule has 27 heavy (non-hydrogen) atoms. The molecule has 6 atom stereocenters. The van der Waals surface area contributed by atoms with Crippen LogP contribution in [-0.4, -0.2) is 40.1 Å². The minimum atomic E-state index is -0.889. The highest BCUT2D eigenvalue weighted by Crippen LogP contribution is 2.62. The van der Waals surface area contributed by atoms with Gasteiger partial charge in [-0.1, -0.05) is 13.0 Å². The van der Waals surface area contributed by atoms with E-state index in [1.807, 2.05) is 6.07 Å². The second kappa shape index (κ2) is 7.69. The van der Waals surface area contributed by atoms with Gasteiger partial charge in [-0.05, 0) is 78.5 Å². The maximum Gasteiger partial charge on any atom is 0.188 e. The number of methoxy groups -OCH3 is 2. The van der Waals surface area contributed by atoms with Crippen molar-refractivity contribution in [2.24, 2.45) is 17.3 Å². The van der Waals surface area contributed by atoms with E-state index in [2.05, 4.69) is 19.1 Å². The molecule has 0 spiro atoms. The maximum atomic E-state index is 14.9. The summed E-state index contributed by atoms with van der Waals surface area (Å²) >= 11 is 0. The molecule has 3 aliphatic rings. The Morgan fingerprint density at radius 2 is 1.96 bits per heavy atom. The van der Waals surface area contributed by atoms with Gasteiger partial charge in [-0.3, -0.25) is 0 Å². The van der Waals surface area contributed by atoms with Crippen LogP contribution in [-0.2, 0) is 20.6 Å². The molecule has 0 heterocycles. The minimum absolute atomic E-state index is 0.0852. The molecule has 0 amide bonds. The number of hydrogen-bond donors (Lipinski definition) is 0. The Balaban J connectivity index is 1.55. The molecule has 2 saturated carbocycles. The third kappa shape index (κ3) is 3.28. The summed E-state index contributed by atoms with van der Waals surface area (Å²) in [6.07, 6.45) is 3.66. The summed E-state index contributed by atoms with van der Waals surface area (Å²) in [5, 5.41) is 0. The van der Waals surface area contributed by atoms with Gasteiger partial charge in [-0.2, -0.15) is 0 Å². The minimum Gasteiger partial charge on any atom is -0.468 e. The number of halogens is 1. The number of hydrogen-bond acceptors (Lipinski definition) is 4. The summed E-state index contributed by atoms with van der Waals surface area (Å²) in [6.45, 7) is 2.69. The molecule has 2 fully saturated rings. The van der Waals surface area contributed by atoms with E-state index in [0.29, 0.717) is 24.2 Å². The van der Waals surface area contributed by atoms with Crippen LogP contribution in [0.2, 0.25) is 0 Å². The monoisotopic (exact) mass is 377 g/mol. The smallest absolute Gasteiger partial charge is 0.188 e. The Morgan fingerprint density at radius 1 is 1.15 bits per heavy atom. The summed E-state index contributed by atoms with van der Waals surface area (Å²) in [5.41, 5.74) is 2.74. The van der Waals surface area contributed by atoms with Gasteiger partial charge in [0.15, 0.2) is 6.79 Å². The zero-order valence-corrected chi connectivity index (χ0v) is 16.6. The number of benzene rings is 1. The van der Waals surface area contributed by atoms with Gasteiger partial charge in [0.25, 0.3) is 0 Å². The van der Waals surface area contributed by atoms with Crippen molar-refractivity contribution in [1.29, 1.82) is 0 Å². The molecule has 0 aliphatic heterocycles. The third-order valence-electron chi connectivity index (χ3n) is 7.30. The van der Waals surface area contributed by atoms with E-state index in [9.17, 15) is 4.39 Å². The largest absolute Gasteiger partial charge is 0.468 e. The van der Waals surface area contributed by atoms with Gasteiger partial charge in [-0.15, -0.1) is 0 Å². The first-order valence-electron chi connectivity index (χ1n) is 10.1. The fourth-order valence-electron chi connectivity index (χ4n) is 6.14. The summed E-state index contributed by atoms with van der Waals surface area (Å²) in [6, 6.07) is 6.43. The number of ether oxygens (including phenoxy) is 4. The molecule has 1 aromatic rings. The lowest BCUT2D eigenvalue weighted by atomic mass is 9.55. The average Bonchev–Trinajstić information content (AvgIpc) is 2.94. The van der Waals surface area contributed by atoms with Gasteiger partial charge in [-0.25, -0.2) is 4.39 Å². The van der Waals surface area contributed by atoms with Crippen molar-refractivity contribution in [3.05, 3.63) is 29.3 Å². The maximum absolute atomic E-state index is 14.9. The lowest BCUT2D eigenvalue weighted by molar-refractivity contribution is -0.139.